The number of hydrogen-bond donors (Lipinski definition) is 2. The molecule has 6 nitrogen and oxygen atoms in total. The Morgan fingerprint density at radius 2 is 1.89 bits per heavy atom. The van der Waals surface area contributed by atoms with Gasteiger partial charge in [0.1, 0.15) is 30.3 Å². The van der Waals surface area contributed by atoms with Crippen LogP contribution in [0.4, 0.5) is 5.00 Å². The van der Waals surface area contributed by atoms with Gasteiger partial charge in [0, 0.05) is 4.88 Å². The lowest BCUT2D eigenvalue weighted by atomic mass is 10.1. The molecule has 150 valence electrons. The zero-order valence-corrected chi connectivity index (χ0v) is 17.4. The molecule has 1 aromatic heterocycles. The second-order valence-corrected chi connectivity index (χ2v) is 8.73. The Balaban J connectivity index is 1.75. The highest BCUT2D eigenvalue weighted by atomic mass is 32.1. The minimum Gasteiger partial charge on any atom is -0.462 e. The fourth-order valence-electron chi connectivity index (χ4n) is 4.18. The molecule has 2 unspecified atom stereocenters. The zero-order valence-electron chi connectivity index (χ0n) is 16.6. The SMILES string of the molecule is CCOC(=O)c1c(NC(=O)C[NH+]2CC(C)OC(C)C2)sc2c1CCCCC2. The number of anilines is 1. The summed E-state index contributed by atoms with van der Waals surface area (Å²) in [5.41, 5.74) is 1.68. The predicted octanol–water partition coefficient (Wildman–Crippen LogP) is 1.82. The summed E-state index contributed by atoms with van der Waals surface area (Å²) in [6.07, 6.45) is 5.58. The second-order valence-electron chi connectivity index (χ2n) is 7.63. The standard InChI is InChI=1S/C20H30N2O4S/c1-4-25-20(24)18-15-8-6-5-7-9-16(15)27-19(18)21-17(23)12-22-10-13(2)26-14(3)11-22/h13-14H,4-12H2,1-3H3,(H,21,23)/p+1. The van der Waals surface area contributed by atoms with Crippen molar-refractivity contribution in [3.8, 4) is 0 Å². The van der Waals surface area contributed by atoms with Crippen molar-refractivity contribution in [1.82, 2.24) is 0 Å². The number of aryl methyl sites for hydroxylation is 1. The van der Waals surface area contributed by atoms with Gasteiger partial charge < -0.3 is 19.7 Å². The maximum absolute atomic E-state index is 12.7. The van der Waals surface area contributed by atoms with Gasteiger partial charge in [-0.25, -0.2) is 4.79 Å². The van der Waals surface area contributed by atoms with E-state index in [-0.39, 0.29) is 24.1 Å². The number of morpholine rings is 1. The molecule has 0 saturated carbocycles. The summed E-state index contributed by atoms with van der Waals surface area (Å²) in [7, 11) is 0. The van der Waals surface area contributed by atoms with Crippen molar-refractivity contribution in [1.29, 1.82) is 0 Å². The van der Waals surface area contributed by atoms with Crippen LogP contribution in [0.2, 0.25) is 0 Å². The molecule has 0 bridgehead atoms. The number of fused-ring (bicyclic) bond motifs is 1. The first-order valence-corrected chi connectivity index (χ1v) is 10.9. The van der Waals surface area contributed by atoms with Gasteiger partial charge >= 0.3 is 5.97 Å². The van der Waals surface area contributed by atoms with Crippen LogP contribution in [0.5, 0.6) is 0 Å². The van der Waals surface area contributed by atoms with Gasteiger partial charge in [-0.2, -0.15) is 0 Å². The number of quaternary nitrogens is 1. The van der Waals surface area contributed by atoms with Crippen LogP contribution in [0.15, 0.2) is 0 Å². The van der Waals surface area contributed by atoms with Crippen LogP contribution in [-0.2, 0) is 27.1 Å². The normalized spacial score (nSPS) is 25.4. The minimum atomic E-state index is -0.312. The smallest absolute Gasteiger partial charge is 0.341 e. The maximum Gasteiger partial charge on any atom is 0.341 e. The highest BCUT2D eigenvalue weighted by Crippen LogP contribution is 2.37. The molecule has 1 aliphatic carbocycles. The van der Waals surface area contributed by atoms with Crippen LogP contribution in [-0.4, -0.2) is 50.3 Å². The zero-order chi connectivity index (χ0) is 19.4. The molecule has 2 heterocycles. The van der Waals surface area contributed by atoms with E-state index in [0.29, 0.717) is 23.7 Å². The predicted molar refractivity (Wildman–Crippen MR) is 106 cm³/mol. The molecule has 7 heteroatoms. The van der Waals surface area contributed by atoms with Crippen LogP contribution < -0.4 is 10.2 Å². The molecule has 1 amide bonds. The third kappa shape index (κ3) is 5.09. The molecule has 0 spiro atoms. The average Bonchev–Trinajstić information content (AvgIpc) is 2.75. The van der Waals surface area contributed by atoms with Crippen molar-refractivity contribution in [3.63, 3.8) is 0 Å². The molecular formula is C20H31N2O4S+. The largest absolute Gasteiger partial charge is 0.462 e. The van der Waals surface area contributed by atoms with Gasteiger partial charge in [0.05, 0.1) is 12.2 Å². The molecule has 0 aromatic carbocycles. The molecule has 0 radical (unpaired) electrons. The Labute approximate surface area is 165 Å². The summed E-state index contributed by atoms with van der Waals surface area (Å²) in [5.74, 6) is -0.360. The van der Waals surface area contributed by atoms with Gasteiger partial charge in [0.15, 0.2) is 6.54 Å². The first-order valence-electron chi connectivity index (χ1n) is 10.1. The summed E-state index contributed by atoms with van der Waals surface area (Å²) in [6, 6.07) is 0. The van der Waals surface area contributed by atoms with E-state index in [1.807, 2.05) is 20.8 Å². The van der Waals surface area contributed by atoms with Gasteiger partial charge in [-0.1, -0.05) is 6.42 Å². The number of nitrogens with one attached hydrogen (secondary N) is 2. The monoisotopic (exact) mass is 395 g/mol. The number of hydrogen-bond acceptors (Lipinski definition) is 5. The number of carbonyl (C=O) groups is 2. The molecule has 2 aliphatic rings. The number of ether oxygens (including phenoxy) is 2. The van der Waals surface area contributed by atoms with Gasteiger partial charge in [-0.15, -0.1) is 11.3 Å². The van der Waals surface area contributed by atoms with E-state index in [9.17, 15) is 9.59 Å². The highest BCUT2D eigenvalue weighted by Gasteiger charge is 2.30. The fraction of sp³-hybridized carbons (Fsp3) is 0.700. The summed E-state index contributed by atoms with van der Waals surface area (Å²) in [4.78, 5) is 27.7. The van der Waals surface area contributed by atoms with Crippen molar-refractivity contribution in [2.45, 2.75) is 65.1 Å². The number of amides is 1. The molecule has 1 aromatic rings. The number of thiophene rings is 1. The van der Waals surface area contributed by atoms with E-state index in [4.69, 9.17) is 9.47 Å². The van der Waals surface area contributed by atoms with Gasteiger partial charge in [-0.05, 0) is 52.0 Å². The molecule has 1 saturated heterocycles. The van der Waals surface area contributed by atoms with E-state index in [1.165, 1.54) is 16.2 Å². The van der Waals surface area contributed by atoms with E-state index in [2.05, 4.69) is 5.32 Å². The molecular weight excluding hydrogens is 364 g/mol. The maximum atomic E-state index is 12.7. The lowest BCUT2D eigenvalue weighted by Crippen LogP contribution is -3.16. The lowest BCUT2D eigenvalue weighted by Gasteiger charge is -2.31. The summed E-state index contributed by atoms with van der Waals surface area (Å²) in [6.45, 7) is 8.27. The van der Waals surface area contributed by atoms with Crippen LogP contribution in [0.25, 0.3) is 0 Å². The first kappa shape index (κ1) is 20.3. The molecule has 27 heavy (non-hydrogen) atoms. The second kappa shape index (κ2) is 9.17. The third-order valence-corrected chi connectivity index (χ3v) is 6.39. The van der Waals surface area contributed by atoms with Crippen LogP contribution in [0.1, 0.15) is 60.8 Å². The molecule has 1 aliphatic heterocycles. The molecule has 2 N–H and O–H groups in total. The van der Waals surface area contributed by atoms with E-state index in [0.717, 1.165) is 44.3 Å². The highest BCUT2D eigenvalue weighted by molar-refractivity contribution is 7.17. The minimum absolute atomic E-state index is 0.0479. The van der Waals surface area contributed by atoms with Crippen LogP contribution >= 0.6 is 11.3 Å². The van der Waals surface area contributed by atoms with E-state index >= 15 is 0 Å². The summed E-state index contributed by atoms with van der Waals surface area (Å²) >= 11 is 1.55. The van der Waals surface area contributed by atoms with Crippen LogP contribution in [0.3, 0.4) is 0 Å². The number of carbonyl (C=O) groups excluding carboxylic acids is 2. The average molecular weight is 396 g/mol. The van der Waals surface area contributed by atoms with Crippen molar-refractivity contribution in [2.24, 2.45) is 0 Å². The fourth-order valence-corrected chi connectivity index (χ4v) is 5.47. The Morgan fingerprint density at radius 1 is 1.19 bits per heavy atom. The van der Waals surface area contributed by atoms with Crippen molar-refractivity contribution in [3.05, 3.63) is 16.0 Å². The van der Waals surface area contributed by atoms with Gasteiger partial charge in [0.2, 0.25) is 0 Å². The van der Waals surface area contributed by atoms with E-state index in [1.54, 1.807) is 11.3 Å². The molecule has 1 fully saturated rings. The van der Waals surface area contributed by atoms with Crippen molar-refractivity contribution in [2.75, 3.05) is 31.6 Å². The van der Waals surface area contributed by atoms with Crippen LogP contribution in [0, 0.1) is 0 Å². The lowest BCUT2D eigenvalue weighted by molar-refractivity contribution is -0.907. The quantitative estimate of drug-likeness (QED) is 0.590. The Hall–Kier alpha value is -1.44. The summed E-state index contributed by atoms with van der Waals surface area (Å²) < 4.78 is 11.0. The molecule has 2 atom stereocenters. The topological polar surface area (TPSA) is 69.1 Å². The Bertz CT molecular complexity index is 678. The Kier molecular flexibility index (Phi) is 6.89. The first-order chi connectivity index (χ1) is 13.0. The summed E-state index contributed by atoms with van der Waals surface area (Å²) in [5, 5.41) is 3.69. The van der Waals surface area contributed by atoms with Gasteiger partial charge in [0.25, 0.3) is 5.91 Å². The third-order valence-electron chi connectivity index (χ3n) is 5.18. The number of esters is 1. The number of rotatable bonds is 5. The van der Waals surface area contributed by atoms with E-state index < -0.39 is 0 Å². The van der Waals surface area contributed by atoms with Crippen molar-refractivity contribution >= 4 is 28.2 Å². The Morgan fingerprint density at radius 3 is 2.59 bits per heavy atom. The van der Waals surface area contributed by atoms with Gasteiger partial charge in [-0.3, -0.25) is 4.79 Å². The molecule has 3 rings (SSSR count). The van der Waals surface area contributed by atoms with Crippen molar-refractivity contribution < 1.29 is 24.0 Å².